The van der Waals surface area contributed by atoms with Gasteiger partial charge in [0, 0.05) is 12.0 Å². The molecule has 1 aromatic carbocycles. The first-order valence-corrected chi connectivity index (χ1v) is 6.25. The number of hydrogen-bond donors (Lipinski definition) is 1. The lowest BCUT2D eigenvalue weighted by atomic mass is 10.1. The van der Waals surface area contributed by atoms with Crippen molar-refractivity contribution in [3.63, 3.8) is 0 Å². The highest BCUT2D eigenvalue weighted by atomic mass is 19.4. The second-order valence-electron chi connectivity index (χ2n) is 4.75. The molecule has 0 aliphatic carbocycles. The zero-order valence-electron chi connectivity index (χ0n) is 11.0. The third-order valence-electron chi connectivity index (χ3n) is 2.90. The van der Waals surface area contributed by atoms with E-state index in [1.165, 1.54) is 0 Å². The van der Waals surface area contributed by atoms with Gasteiger partial charge in [-0.2, -0.15) is 13.2 Å². The van der Waals surface area contributed by atoms with Crippen LogP contribution in [-0.2, 0) is 4.74 Å². The summed E-state index contributed by atoms with van der Waals surface area (Å²) < 4.78 is 45.8. The molecule has 0 radical (unpaired) electrons. The van der Waals surface area contributed by atoms with Gasteiger partial charge in [0.25, 0.3) is 0 Å². The van der Waals surface area contributed by atoms with E-state index in [-0.39, 0.29) is 13.0 Å². The zero-order chi connectivity index (χ0) is 14.8. The molecule has 1 heterocycles. The number of halogens is 3. The molecule has 0 fully saturated rings. The molecule has 3 nitrogen and oxygen atoms in total. The van der Waals surface area contributed by atoms with Crippen LogP contribution >= 0.6 is 0 Å². The molecular formula is C14H16F3NO2. The van der Waals surface area contributed by atoms with Crippen LogP contribution in [-0.4, -0.2) is 19.4 Å². The van der Waals surface area contributed by atoms with E-state index in [1.54, 1.807) is 0 Å². The Morgan fingerprint density at radius 2 is 2.05 bits per heavy atom. The average molecular weight is 287 g/mol. The van der Waals surface area contributed by atoms with Gasteiger partial charge in [-0.25, -0.2) is 0 Å². The first-order chi connectivity index (χ1) is 9.35. The fourth-order valence-electron chi connectivity index (χ4n) is 1.91. The zero-order valence-corrected chi connectivity index (χ0v) is 11.0. The lowest BCUT2D eigenvalue weighted by Gasteiger charge is -2.10. The summed E-state index contributed by atoms with van der Waals surface area (Å²) in [6, 6.07) is 7.08. The Morgan fingerprint density at radius 1 is 1.30 bits per heavy atom. The molecule has 0 spiro atoms. The minimum Gasteiger partial charge on any atom is -0.459 e. The minimum atomic E-state index is -4.30. The molecule has 2 N–H and O–H groups in total. The van der Waals surface area contributed by atoms with Gasteiger partial charge in [-0.1, -0.05) is 11.6 Å². The number of aryl methyl sites for hydroxylation is 1. The Labute approximate surface area is 114 Å². The summed E-state index contributed by atoms with van der Waals surface area (Å²) in [6.07, 6.45) is -4.03. The highest BCUT2D eigenvalue weighted by Gasteiger charge is 2.27. The van der Waals surface area contributed by atoms with Crippen LogP contribution in [0.5, 0.6) is 0 Å². The predicted octanol–water partition coefficient (Wildman–Crippen LogP) is 3.71. The van der Waals surface area contributed by atoms with Crippen molar-refractivity contribution in [3.8, 4) is 0 Å². The van der Waals surface area contributed by atoms with E-state index in [2.05, 4.69) is 4.74 Å². The molecule has 0 aliphatic heterocycles. The number of furan rings is 1. The number of rotatable bonds is 5. The Kier molecular flexibility index (Phi) is 4.35. The van der Waals surface area contributed by atoms with Crippen LogP contribution in [0.2, 0.25) is 0 Å². The normalized spacial score (nSPS) is 13.8. The van der Waals surface area contributed by atoms with E-state index in [0.29, 0.717) is 5.76 Å². The summed E-state index contributed by atoms with van der Waals surface area (Å²) in [4.78, 5) is 0. The molecule has 20 heavy (non-hydrogen) atoms. The molecule has 1 unspecified atom stereocenters. The van der Waals surface area contributed by atoms with E-state index >= 15 is 0 Å². The Bertz CT molecular complexity index is 577. The highest BCUT2D eigenvalue weighted by Crippen LogP contribution is 2.25. The molecular weight excluding hydrogens is 271 g/mol. The maximum Gasteiger partial charge on any atom is 0.411 e. The first kappa shape index (κ1) is 14.9. The number of hydrogen-bond acceptors (Lipinski definition) is 3. The fraction of sp³-hybridized carbons (Fsp3) is 0.429. The number of fused-ring (bicyclic) bond motifs is 1. The van der Waals surface area contributed by atoms with Crippen LogP contribution in [0.3, 0.4) is 0 Å². The molecule has 1 atom stereocenters. The van der Waals surface area contributed by atoms with E-state index in [0.717, 1.165) is 16.5 Å². The van der Waals surface area contributed by atoms with Crippen molar-refractivity contribution in [2.45, 2.75) is 25.6 Å². The van der Waals surface area contributed by atoms with Crippen LogP contribution < -0.4 is 5.73 Å². The predicted molar refractivity (Wildman–Crippen MR) is 69.4 cm³/mol. The third-order valence-corrected chi connectivity index (χ3v) is 2.90. The van der Waals surface area contributed by atoms with Gasteiger partial charge in [-0.05, 0) is 31.5 Å². The maximum atomic E-state index is 11.9. The van der Waals surface area contributed by atoms with Gasteiger partial charge in [-0.15, -0.1) is 0 Å². The summed E-state index contributed by atoms with van der Waals surface area (Å²) in [6.45, 7) is 0.660. The van der Waals surface area contributed by atoms with Crippen molar-refractivity contribution in [1.29, 1.82) is 0 Å². The largest absolute Gasteiger partial charge is 0.459 e. The molecule has 0 bridgehead atoms. The molecule has 0 aliphatic rings. The van der Waals surface area contributed by atoms with Crippen molar-refractivity contribution in [2.24, 2.45) is 5.73 Å². The second kappa shape index (κ2) is 5.85. The van der Waals surface area contributed by atoms with Gasteiger partial charge in [0.15, 0.2) is 0 Å². The summed E-state index contributed by atoms with van der Waals surface area (Å²) in [7, 11) is 0. The topological polar surface area (TPSA) is 48.4 Å². The monoisotopic (exact) mass is 287 g/mol. The van der Waals surface area contributed by atoms with Crippen LogP contribution in [0.25, 0.3) is 11.0 Å². The Balaban J connectivity index is 1.92. The second-order valence-corrected chi connectivity index (χ2v) is 4.75. The van der Waals surface area contributed by atoms with Crippen LogP contribution in [0.1, 0.15) is 23.8 Å². The molecule has 0 saturated heterocycles. The summed E-state index contributed by atoms with van der Waals surface area (Å²) in [5.41, 5.74) is 7.72. The van der Waals surface area contributed by atoms with E-state index < -0.39 is 18.8 Å². The van der Waals surface area contributed by atoms with Crippen LogP contribution in [0, 0.1) is 6.92 Å². The lowest BCUT2D eigenvalue weighted by Crippen LogP contribution is -2.19. The van der Waals surface area contributed by atoms with Crippen molar-refractivity contribution in [3.05, 3.63) is 35.6 Å². The van der Waals surface area contributed by atoms with Gasteiger partial charge in [0.05, 0.1) is 6.04 Å². The molecule has 1 aromatic heterocycles. The quantitative estimate of drug-likeness (QED) is 0.853. The van der Waals surface area contributed by atoms with E-state index in [9.17, 15) is 13.2 Å². The maximum absolute atomic E-state index is 11.9. The Hall–Kier alpha value is -1.53. The van der Waals surface area contributed by atoms with Crippen molar-refractivity contribution < 1.29 is 22.3 Å². The highest BCUT2D eigenvalue weighted by molar-refractivity contribution is 5.78. The van der Waals surface area contributed by atoms with Gasteiger partial charge in [0.2, 0.25) is 0 Å². The molecule has 110 valence electrons. The van der Waals surface area contributed by atoms with Crippen LogP contribution in [0.4, 0.5) is 13.2 Å². The standard InChI is InChI=1S/C14H16F3NO2/c1-9-2-3-12-10(6-9)7-13(20-12)11(18)4-5-19-8-14(15,16)17/h2-3,6-7,11H,4-5,8,18H2,1H3. The number of nitrogens with two attached hydrogens (primary N) is 1. The molecule has 0 saturated carbocycles. The average Bonchev–Trinajstić information content (AvgIpc) is 2.76. The minimum absolute atomic E-state index is 0.0588. The van der Waals surface area contributed by atoms with Crippen molar-refractivity contribution >= 4 is 11.0 Å². The van der Waals surface area contributed by atoms with E-state index in [1.807, 2.05) is 31.2 Å². The third kappa shape index (κ3) is 3.98. The van der Waals surface area contributed by atoms with Gasteiger partial charge < -0.3 is 14.9 Å². The van der Waals surface area contributed by atoms with Crippen molar-refractivity contribution in [1.82, 2.24) is 0 Å². The number of ether oxygens (including phenoxy) is 1. The fourth-order valence-corrected chi connectivity index (χ4v) is 1.91. The number of alkyl halides is 3. The number of benzene rings is 1. The lowest BCUT2D eigenvalue weighted by molar-refractivity contribution is -0.174. The van der Waals surface area contributed by atoms with Gasteiger partial charge in [-0.3, -0.25) is 0 Å². The van der Waals surface area contributed by atoms with Crippen LogP contribution in [0.15, 0.2) is 28.7 Å². The molecule has 2 aromatic rings. The van der Waals surface area contributed by atoms with Crippen molar-refractivity contribution in [2.75, 3.05) is 13.2 Å². The Morgan fingerprint density at radius 3 is 2.75 bits per heavy atom. The van der Waals surface area contributed by atoms with Gasteiger partial charge in [0.1, 0.15) is 18.0 Å². The molecule has 2 rings (SSSR count). The van der Waals surface area contributed by atoms with E-state index in [4.69, 9.17) is 10.2 Å². The summed E-state index contributed by atoms with van der Waals surface area (Å²) in [5, 5.41) is 0.937. The van der Waals surface area contributed by atoms with Gasteiger partial charge >= 0.3 is 6.18 Å². The summed E-state index contributed by atoms with van der Waals surface area (Å²) in [5.74, 6) is 0.557. The summed E-state index contributed by atoms with van der Waals surface area (Å²) >= 11 is 0. The molecule has 0 amide bonds. The first-order valence-electron chi connectivity index (χ1n) is 6.25. The smallest absolute Gasteiger partial charge is 0.411 e. The SMILES string of the molecule is Cc1ccc2oc(C(N)CCOCC(F)(F)F)cc2c1. The molecule has 6 heteroatoms.